The highest BCUT2D eigenvalue weighted by Gasteiger charge is 1.95. The van der Waals surface area contributed by atoms with E-state index < -0.39 is 0 Å². The van der Waals surface area contributed by atoms with Crippen LogP contribution in [0.15, 0.2) is 24.3 Å². The molecule has 0 aliphatic rings. The van der Waals surface area contributed by atoms with Crippen molar-refractivity contribution in [3.05, 3.63) is 24.3 Å². The third-order valence-electron chi connectivity index (χ3n) is 1.84. The fourth-order valence-corrected chi connectivity index (χ4v) is 1.14. The van der Waals surface area contributed by atoms with Gasteiger partial charge in [0, 0.05) is 12.6 Å². The van der Waals surface area contributed by atoms with E-state index in [2.05, 4.69) is 4.90 Å². The molecule has 3 nitrogen and oxygen atoms in total. The molecule has 0 aliphatic carbocycles. The highest BCUT2D eigenvalue weighted by Crippen LogP contribution is 2.17. The molecule has 14 heavy (non-hydrogen) atoms. The molecular formula is C11H17NO2. The van der Waals surface area contributed by atoms with Crippen LogP contribution in [0.1, 0.15) is 6.42 Å². The zero-order chi connectivity index (χ0) is 10.4. The lowest BCUT2D eigenvalue weighted by Gasteiger charge is -2.10. The summed E-state index contributed by atoms with van der Waals surface area (Å²) in [6.45, 7) is 1.69. The van der Waals surface area contributed by atoms with Gasteiger partial charge in [0.15, 0.2) is 0 Å². The van der Waals surface area contributed by atoms with E-state index in [0.717, 1.165) is 18.7 Å². The standard InChI is InChI=1S/C11H17NO2/c1-12(2)7-4-8-14-11-6-3-5-10(13)9-11/h3,5-6,9,13H,4,7-8H2,1-2H3. The molecule has 0 radical (unpaired) electrons. The van der Waals surface area contributed by atoms with Gasteiger partial charge in [-0.05, 0) is 32.6 Å². The number of phenolic OH excluding ortho intramolecular Hbond substituents is 1. The van der Waals surface area contributed by atoms with Gasteiger partial charge in [0.05, 0.1) is 6.61 Å². The van der Waals surface area contributed by atoms with E-state index in [9.17, 15) is 0 Å². The number of rotatable bonds is 5. The molecule has 1 aromatic carbocycles. The maximum absolute atomic E-state index is 9.17. The summed E-state index contributed by atoms with van der Waals surface area (Å²) < 4.78 is 5.45. The van der Waals surface area contributed by atoms with Crippen molar-refractivity contribution in [1.29, 1.82) is 0 Å². The number of benzene rings is 1. The molecule has 3 heteroatoms. The van der Waals surface area contributed by atoms with Crippen LogP contribution in [0, 0.1) is 0 Å². The molecule has 0 saturated carbocycles. The summed E-state index contributed by atoms with van der Waals surface area (Å²) >= 11 is 0. The van der Waals surface area contributed by atoms with Crippen LogP contribution in [0.2, 0.25) is 0 Å². The number of hydrogen-bond donors (Lipinski definition) is 1. The van der Waals surface area contributed by atoms with Crippen LogP contribution in [0.4, 0.5) is 0 Å². The smallest absolute Gasteiger partial charge is 0.122 e. The highest BCUT2D eigenvalue weighted by atomic mass is 16.5. The Kier molecular flexibility index (Phi) is 4.26. The number of ether oxygens (including phenoxy) is 1. The zero-order valence-corrected chi connectivity index (χ0v) is 8.73. The molecule has 0 bridgehead atoms. The van der Waals surface area contributed by atoms with Gasteiger partial charge in [-0.1, -0.05) is 6.07 Å². The Labute approximate surface area is 84.9 Å². The molecular weight excluding hydrogens is 178 g/mol. The van der Waals surface area contributed by atoms with Gasteiger partial charge in [-0.3, -0.25) is 0 Å². The summed E-state index contributed by atoms with van der Waals surface area (Å²) in [6, 6.07) is 6.87. The Morgan fingerprint density at radius 1 is 1.36 bits per heavy atom. The van der Waals surface area contributed by atoms with Gasteiger partial charge in [-0.25, -0.2) is 0 Å². The van der Waals surface area contributed by atoms with E-state index >= 15 is 0 Å². The zero-order valence-electron chi connectivity index (χ0n) is 8.73. The van der Waals surface area contributed by atoms with Crippen molar-refractivity contribution < 1.29 is 9.84 Å². The predicted octanol–water partition coefficient (Wildman–Crippen LogP) is 1.72. The Hall–Kier alpha value is -1.22. The number of hydrogen-bond acceptors (Lipinski definition) is 3. The van der Waals surface area contributed by atoms with Crippen molar-refractivity contribution in [3.63, 3.8) is 0 Å². The van der Waals surface area contributed by atoms with Gasteiger partial charge in [0.1, 0.15) is 11.5 Å². The molecule has 0 saturated heterocycles. The summed E-state index contributed by atoms with van der Waals surface area (Å²) in [6.07, 6.45) is 0.989. The molecule has 1 aromatic rings. The van der Waals surface area contributed by atoms with Gasteiger partial charge >= 0.3 is 0 Å². The molecule has 1 N–H and O–H groups in total. The highest BCUT2D eigenvalue weighted by molar-refractivity contribution is 5.31. The summed E-state index contributed by atoms with van der Waals surface area (Å²) in [7, 11) is 4.07. The van der Waals surface area contributed by atoms with Crippen molar-refractivity contribution in [2.45, 2.75) is 6.42 Å². The molecule has 0 spiro atoms. The van der Waals surface area contributed by atoms with Crippen molar-refractivity contribution in [3.8, 4) is 11.5 Å². The first-order chi connectivity index (χ1) is 6.68. The van der Waals surface area contributed by atoms with Gasteiger partial charge in [0.25, 0.3) is 0 Å². The molecule has 0 aromatic heterocycles. The monoisotopic (exact) mass is 195 g/mol. The lowest BCUT2D eigenvalue weighted by atomic mass is 10.3. The third-order valence-corrected chi connectivity index (χ3v) is 1.84. The first-order valence-electron chi connectivity index (χ1n) is 4.75. The fourth-order valence-electron chi connectivity index (χ4n) is 1.14. The summed E-state index contributed by atoms with van der Waals surface area (Å²) in [5.41, 5.74) is 0. The Balaban J connectivity index is 2.25. The van der Waals surface area contributed by atoms with E-state index in [0.29, 0.717) is 6.61 Å². The van der Waals surface area contributed by atoms with Crippen molar-refractivity contribution in [2.75, 3.05) is 27.2 Å². The maximum Gasteiger partial charge on any atom is 0.122 e. The minimum absolute atomic E-state index is 0.245. The molecule has 78 valence electrons. The Bertz CT molecular complexity index is 274. The fraction of sp³-hybridized carbons (Fsp3) is 0.455. The second-order valence-electron chi connectivity index (χ2n) is 3.50. The van der Waals surface area contributed by atoms with Crippen LogP contribution in [0.5, 0.6) is 11.5 Å². The lowest BCUT2D eigenvalue weighted by Crippen LogP contribution is -2.15. The second-order valence-corrected chi connectivity index (χ2v) is 3.50. The van der Waals surface area contributed by atoms with Crippen LogP contribution in [0.3, 0.4) is 0 Å². The minimum atomic E-state index is 0.245. The summed E-state index contributed by atoms with van der Waals surface area (Å²) in [5.74, 6) is 0.971. The Morgan fingerprint density at radius 3 is 2.79 bits per heavy atom. The molecule has 0 aliphatic heterocycles. The largest absolute Gasteiger partial charge is 0.508 e. The average Bonchev–Trinajstić information content (AvgIpc) is 2.12. The first-order valence-corrected chi connectivity index (χ1v) is 4.75. The van der Waals surface area contributed by atoms with Crippen LogP contribution < -0.4 is 4.74 Å². The van der Waals surface area contributed by atoms with E-state index in [1.165, 1.54) is 0 Å². The Morgan fingerprint density at radius 2 is 2.14 bits per heavy atom. The van der Waals surface area contributed by atoms with Crippen LogP contribution in [-0.2, 0) is 0 Å². The van der Waals surface area contributed by atoms with E-state index in [1.807, 2.05) is 20.2 Å². The summed E-state index contributed by atoms with van der Waals surface area (Å²) in [4.78, 5) is 2.12. The van der Waals surface area contributed by atoms with Gasteiger partial charge in [-0.15, -0.1) is 0 Å². The normalized spacial score (nSPS) is 10.5. The number of nitrogens with zero attached hydrogens (tertiary/aromatic N) is 1. The van der Waals surface area contributed by atoms with Gasteiger partial charge in [-0.2, -0.15) is 0 Å². The van der Waals surface area contributed by atoms with E-state index in [4.69, 9.17) is 9.84 Å². The maximum atomic E-state index is 9.17. The molecule has 0 fully saturated rings. The first kappa shape index (κ1) is 10.9. The predicted molar refractivity (Wildman–Crippen MR) is 56.8 cm³/mol. The van der Waals surface area contributed by atoms with Gasteiger partial charge in [0.2, 0.25) is 0 Å². The van der Waals surface area contributed by atoms with Crippen LogP contribution in [-0.4, -0.2) is 37.3 Å². The van der Waals surface area contributed by atoms with Crippen LogP contribution in [0.25, 0.3) is 0 Å². The number of aromatic hydroxyl groups is 1. The minimum Gasteiger partial charge on any atom is -0.508 e. The molecule has 0 heterocycles. The molecule has 0 amide bonds. The van der Waals surface area contributed by atoms with E-state index in [-0.39, 0.29) is 5.75 Å². The quantitative estimate of drug-likeness (QED) is 0.726. The van der Waals surface area contributed by atoms with Crippen LogP contribution >= 0.6 is 0 Å². The third kappa shape index (κ3) is 4.14. The number of phenols is 1. The van der Waals surface area contributed by atoms with Crippen molar-refractivity contribution in [1.82, 2.24) is 4.90 Å². The molecule has 0 atom stereocenters. The summed E-state index contributed by atoms with van der Waals surface area (Å²) in [5, 5.41) is 9.17. The second kappa shape index (κ2) is 5.50. The van der Waals surface area contributed by atoms with Crippen molar-refractivity contribution >= 4 is 0 Å². The van der Waals surface area contributed by atoms with Gasteiger partial charge < -0.3 is 14.7 Å². The van der Waals surface area contributed by atoms with E-state index in [1.54, 1.807) is 18.2 Å². The SMILES string of the molecule is CN(C)CCCOc1cccc(O)c1. The lowest BCUT2D eigenvalue weighted by molar-refractivity contribution is 0.280. The van der Waals surface area contributed by atoms with Crippen molar-refractivity contribution in [2.24, 2.45) is 0 Å². The average molecular weight is 195 g/mol. The molecule has 0 unspecified atom stereocenters. The molecule has 1 rings (SSSR count). The topological polar surface area (TPSA) is 32.7 Å².